The second-order valence-electron chi connectivity index (χ2n) is 4.80. The molecular weight excluding hydrogens is 228 g/mol. The highest BCUT2D eigenvalue weighted by atomic mass is 32.1. The zero-order chi connectivity index (χ0) is 12.3. The van der Waals surface area contributed by atoms with E-state index in [4.69, 9.17) is 22.9 Å². The summed E-state index contributed by atoms with van der Waals surface area (Å²) in [5, 5.41) is 0. The minimum absolute atomic E-state index is 0.204. The van der Waals surface area contributed by atoms with Crippen molar-refractivity contribution in [1.29, 1.82) is 0 Å². The van der Waals surface area contributed by atoms with Crippen molar-refractivity contribution in [3.63, 3.8) is 0 Å². The van der Waals surface area contributed by atoms with Gasteiger partial charge in [0.15, 0.2) is 0 Å². The summed E-state index contributed by atoms with van der Waals surface area (Å²) in [5.41, 5.74) is 9.50. The summed E-state index contributed by atoms with van der Waals surface area (Å²) in [6.45, 7) is 2.20. The van der Waals surface area contributed by atoms with Crippen LogP contribution in [-0.2, 0) is 12.8 Å². The summed E-state index contributed by atoms with van der Waals surface area (Å²) in [5.74, 6) is 0.204. The third kappa shape index (κ3) is 2.83. The summed E-state index contributed by atoms with van der Waals surface area (Å²) >= 11 is 5.16. The van der Waals surface area contributed by atoms with Crippen LogP contribution < -0.4 is 5.73 Å². The minimum atomic E-state index is 0.204. The minimum Gasteiger partial charge on any atom is -0.393 e. The first-order valence-corrected chi connectivity index (χ1v) is 6.91. The lowest BCUT2D eigenvalue weighted by atomic mass is 9.86. The molecule has 17 heavy (non-hydrogen) atoms. The molecule has 0 aromatic carbocycles. The summed E-state index contributed by atoms with van der Waals surface area (Å²) in [7, 11) is 0. The first-order chi connectivity index (χ1) is 8.22. The van der Waals surface area contributed by atoms with E-state index in [0.29, 0.717) is 4.99 Å². The standard InChI is InChI=1S/C14H20N2S/c1-2-3-6-11-9-8-10-5-4-7-12(14(15)17)13(10)16-11/h8-9,12H,2-7H2,1H3,(H2,15,17). The summed E-state index contributed by atoms with van der Waals surface area (Å²) in [6.07, 6.45) is 6.82. The third-order valence-electron chi connectivity index (χ3n) is 3.47. The highest BCUT2D eigenvalue weighted by molar-refractivity contribution is 7.80. The Hall–Kier alpha value is -0.960. The molecule has 0 aliphatic heterocycles. The number of fused-ring (bicyclic) bond motifs is 1. The van der Waals surface area contributed by atoms with Crippen LogP contribution in [0.2, 0.25) is 0 Å². The predicted molar refractivity (Wildman–Crippen MR) is 75.3 cm³/mol. The summed E-state index contributed by atoms with van der Waals surface area (Å²) in [4.78, 5) is 5.39. The van der Waals surface area contributed by atoms with Crippen LogP contribution in [0.25, 0.3) is 0 Å². The number of rotatable bonds is 4. The summed E-state index contributed by atoms with van der Waals surface area (Å²) < 4.78 is 0. The zero-order valence-electron chi connectivity index (χ0n) is 10.4. The van der Waals surface area contributed by atoms with Crippen LogP contribution in [0.15, 0.2) is 12.1 Å². The van der Waals surface area contributed by atoms with Gasteiger partial charge >= 0.3 is 0 Å². The van der Waals surface area contributed by atoms with Crippen molar-refractivity contribution in [2.75, 3.05) is 0 Å². The number of unbranched alkanes of at least 4 members (excludes halogenated alkanes) is 1. The number of aromatic nitrogens is 1. The number of hydrogen-bond donors (Lipinski definition) is 1. The van der Waals surface area contributed by atoms with Gasteiger partial charge in [-0.1, -0.05) is 31.6 Å². The monoisotopic (exact) mass is 248 g/mol. The fraction of sp³-hybridized carbons (Fsp3) is 0.571. The van der Waals surface area contributed by atoms with Gasteiger partial charge in [0.25, 0.3) is 0 Å². The van der Waals surface area contributed by atoms with Crippen molar-refractivity contribution in [3.05, 3.63) is 29.1 Å². The molecule has 0 spiro atoms. The van der Waals surface area contributed by atoms with Crippen LogP contribution in [0.4, 0.5) is 0 Å². The molecule has 0 bridgehead atoms. The fourth-order valence-corrected chi connectivity index (χ4v) is 2.70. The maximum Gasteiger partial charge on any atom is 0.0819 e. The molecule has 1 aromatic heterocycles. The van der Waals surface area contributed by atoms with E-state index < -0.39 is 0 Å². The highest BCUT2D eigenvalue weighted by Crippen LogP contribution is 2.30. The lowest BCUT2D eigenvalue weighted by Crippen LogP contribution is -2.25. The molecule has 3 heteroatoms. The number of nitrogens with two attached hydrogens (primary N) is 1. The van der Waals surface area contributed by atoms with Gasteiger partial charge in [-0.05, 0) is 43.7 Å². The molecule has 2 nitrogen and oxygen atoms in total. The van der Waals surface area contributed by atoms with Gasteiger partial charge in [-0.25, -0.2) is 0 Å². The fourth-order valence-electron chi connectivity index (χ4n) is 2.47. The van der Waals surface area contributed by atoms with Gasteiger partial charge in [0.1, 0.15) is 0 Å². The molecule has 0 fully saturated rings. The van der Waals surface area contributed by atoms with Gasteiger partial charge in [-0.15, -0.1) is 0 Å². The lowest BCUT2D eigenvalue weighted by Gasteiger charge is -2.24. The maximum atomic E-state index is 5.82. The first-order valence-electron chi connectivity index (χ1n) is 6.50. The van der Waals surface area contributed by atoms with Gasteiger partial charge < -0.3 is 5.73 Å². The Morgan fingerprint density at radius 3 is 3.06 bits per heavy atom. The number of hydrogen-bond acceptors (Lipinski definition) is 2. The van der Waals surface area contributed by atoms with E-state index in [0.717, 1.165) is 25.0 Å². The molecule has 2 rings (SSSR count). The smallest absolute Gasteiger partial charge is 0.0819 e. The molecule has 2 N–H and O–H groups in total. The molecule has 92 valence electrons. The number of aryl methyl sites for hydroxylation is 2. The van der Waals surface area contributed by atoms with E-state index in [1.54, 1.807) is 0 Å². The van der Waals surface area contributed by atoms with E-state index in [-0.39, 0.29) is 5.92 Å². The first kappa shape index (κ1) is 12.5. The second kappa shape index (κ2) is 5.58. The third-order valence-corrected chi connectivity index (χ3v) is 3.75. The molecule has 0 amide bonds. The molecule has 1 unspecified atom stereocenters. The largest absolute Gasteiger partial charge is 0.393 e. The Labute approximate surface area is 109 Å². The van der Waals surface area contributed by atoms with Crippen molar-refractivity contribution >= 4 is 17.2 Å². The molecule has 1 aliphatic carbocycles. The predicted octanol–water partition coefficient (Wildman–Crippen LogP) is 3.13. The van der Waals surface area contributed by atoms with E-state index in [9.17, 15) is 0 Å². The lowest BCUT2D eigenvalue weighted by molar-refractivity contribution is 0.627. The quantitative estimate of drug-likeness (QED) is 0.832. The summed E-state index contributed by atoms with van der Waals surface area (Å²) in [6, 6.07) is 4.38. The Morgan fingerprint density at radius 1 is 1.53 bits per heavy atom. The molecule has 0 saturated carbocycles. The maximum absolute atomic E-state index is 5.82. The van der Waals surface area contributed by atoms with Crippen molar-refractivity contribution < 1.29 is 0 Å². The Kier molecular flexibility index (Phi) is 4.11. The number of nitrogens with zero attached hydrogens (tertiary/aromatic N) is 1. The Bertz CT molecular complexity index is 415. The van der Waals surface area contributed by atoms with Crippen LogP contribution in [0.1, 0.15) is 55.5 Å². The van der Waals surface area contributed by atoms with Crippen LogP contribution in [-0.4, -0.2) is 9.97 Å². The van der Waals surface area contributed by atoms with Crippen LogP contribution in [0.3, 0.4) is 0 Å². The number of pyridine rings is 1. The van der Waals surface area contributed by atoms with Gasteiger partial charge in [0, 0.05) is 5.69 Å². The Morgan fingerprint density at radius 2 is 2.35 bits per heavy atom. The molecule has 1 aromatic rings. The van der Waals surface area contributed by atoms with Gasteiger partial charge in [-0.3, -0.25) is 4.98 Å². The van der Waals surface area contributed by atoms with E-state index >= 15 is 0 Å². The average Bonchev–Trinajstić information content (AvgIpc) is 2.35. The van der Waals surface area contributed by atoms with Crippen LogP contribution >= 0.6 is 12.2 Å². The topological polar surface area (TPSA) is 38.9 Å². The van der Waals surface area contributed by atoms with Gasteiger partial charge in [-0.2, -0.15) is 0 Å². The van der Waals surface area contributed by atoms with Crippen molar-refractivity contribution in [1.82, 2.24) is 4.98 Å². The molecule has 0 saturated heterocycles. The van der Waals surface area contributed by atoms with Crippen LogP contribution in [0.5, 0.6) is 0 Å². The van der Waals surface area contributed by atoms with E-state index in [1.165, 1.54) is 30.5 Å². The van der Waals surface area contributed by atoms with Crippen molar-refractivity contribution in [2.24, 2.45) is 5.73 Å². The SMILES string of the molecule is CCCCc1ccc2c(n1)C(C(N)=S)CCC2. The van der Waals surface area contributed by atoms with Crippen molar-refractivity contribution in [2.45, 2.75) is 51.4 Å². The molecular formula is C14H20N2S. The number of thiocarbonyl (C=S) groups is 1. The molecule has 1 aliphatic rings. The van der Waals surface area contributed by atoms with Gasteiger partial charge in [0.05, 0.1) is 16.6 Å². The molecule has 1 atom stereocenters. The van der Waals surface area contributed by atoms with Crippen molar-refractivity contribution in [3.8, 4) is 0 Å². The van der Waals surface area contributed by atoms with Gasteiger partial charge in [0.2, 0.25) is 0 Å². The molecule has 0 radical (unpaired) electrons. The highest BCUT2D eigenvalue weighted by Gasteiger charge is 2.23. The second-order valence-corrected chi connectivity index (χ2v) is 5.27. The van der Waals surface area contributed by atoms with Crippen LogP contribution in [0, 0.1) is 0 Å². The van der Waals surface area contributed by atoms with E-state index in [1.807, 2.05) is 0 Å². The Balaban J connectivity index is 2.27. The zero-order valence-corrected chi connectivity index (χ0v) is 11.2. The normalized spacial score (nSPS) is 18.8. The van der Waals surface area contributed by atoms with E-state index in [2.05, 4.69) is 19.1 Å². The molecule has 1 heterocycles. The average molecular weight is 248 g/mol.